The van der Waals surface area contributed by atoms with Crippen LogP contribution in [0.5, 0.6) is 5.75 Å². The monoisotopic (exact) mass is 372 g/mol. The van der Waals surface area contributed by atoms with Crippen LogP contribution < -0.4 is 4.74 Å². The maximum atomic E-state index is 12.8. The van der Waals surface area contributed by atoms with Crippen LogP contribution in [0.25, 0.3) is 0 Å². The Kier molecular flexibility index (Phi) is 4.94. The summed E-state index contributed by atoms with van der Waals surface area (Å²) in [6, 6.07) is 18.8. The molecule has 0 amide bonds. The summed E-state index contributed by atoms with van der Waals surface area (Å²) in [6.45, 7) is 0.309. The van der Waals surface area contributed by atoms with Crippen molar-refractivity contribution >= 4 is 11.5 Å². The first kappa shape index (κ1) is 18.0. The number of ketones is 1. The standard InChI is InChI=1S/C24H21NO3/c1-25-22-13-12-18(23(26)17-8-4-2-5-9-17)14-19(22)15-20(24(25)27)16-28-21-10-6-3-7-11-21/h2-14,19H,15-16H2,1H3/p+1. The lowest BCUT2D eigenvalue weighted by Gasteiger charge is -2.22. The van der Waals surface area contributed by atoms with Gasteiger partial charge in [0, 0.05) is 17.2 Å². The molecule has 0 saturated heterocycles. The summed E-state index contributed by atoms with van der Waals surface area (Å²) in [6.07, 6.45) is 6.37. The Balaban J connectivity index is 1.56. The van der Waals surface area contributed by atoms with Gasteiger partial charge in [-0.3, -0.25) is 4.79 Å². The van der Waals surface area contributed by atoms with Crippen molar-refractivity contribution in [3.63, 3.8) is 0 Å². The zero-order chi connectivity index (χ0) is 19.5. The number of aliphatic hydroxyl groups is 1. The Bertz CT molecular complexity index is 1010. The van der Waals surface area contributed by atoms with Crippen LogP contribution in [-0.4, -0.2) is 34.8 Å². The molecule has 28 heavy (non-hydrogen) atoms. The molecule has 4 heteroatoms. The molecule has 2 aromatic rings. The fourth-order valence-corrected chi connectivity index (χ4v) is 3.61. The van der Waals surface area contributed by atoms with Crippen molar-refractivity contribution in [2.45, 2.75) is 6.42 Å². The molecule has 1 unspecified atom stereocenters. The van der Waals surface area contributed by atoms with Crippen LogP contribution in [-0.2, 0) is 0 Å². The predicted molar refractivity (Wildman–Crippen MR) is 109 cm³/mol. The Morgan fingerprint density at radius 1 is 1.07 bits per heavy atom. The van der Waals surface area contributed by atoms with Crippen LogP contribution in [0.3, 0.4) is 0 Å². The molecule has 1 heterocycles. The van der Waals surface area contributed by atoms with Gasteiger partial charge >= 0.3 is 5.88 Å². The highest BCUT2D eigenvalue weighted by Crippen LogP contribution is 2.29. The third-order valence-corrected chi connectivity index (χ3v) is 5.14. The molecule has 0 aromatic heterocycles. The highest BCUT2D eigenvalue weighted by molar-refractivity contribution is 6.13. The van der Waals surface area contributed by atoms with Gasteiger partial charge < -0.3 is 9.84 Å². The normalized spacial score (nSPS) is 18.6. The summed E-state index contributed by atoms with van der Waals surface area (Å²) in [7, 11) is 1.83. The van der Waals surface area contributed by atoms with E-state index < -0.39 is 0 Å². The molecule has 1 aliphatic heterocycles. The van der Waals surface area contributed by atoms with Crippen molar-refractivity contribution in [3.05, 3.63) is 101 Å². The zero-order valence-corrected chi connectivity index (χ0v) is 15.7. The minimum Gasteiger partial charge on any atom is -0.489 e. The van der Waals surface area contributed by atoms with Gasteiger partial charge in [-0.15, -0.1) is 0 Å². The maximum absolute atomic E-state index is 12.8. The van der Waals surface area contributed by atoms with Gasteiger partial charge in [0.25, 0.3) is 0 Å². The second kappa shape index (κ2) is 7.69. The van der Waals surface area contributed by atoms with E-state index >= 15 is 0 Å². The lowest BCUT2D eigenvalue weighted by Crippen LogP contribution is -2.32. The van der Waals surface area contributed by atoms with Gasteiger partial charge in [0.05, 0.1) is 11.5 Å². The van der Waals surface area contributed by atoms with E-state index in [1.165, 1.54) is 0 Å². The maximum Gasteiger partial charge on any atom is 0.367 e. The van der Waals surface area contributed by atoms with Crippen molar-refractivity contribution in [1.29, 1.82) is 0 Å². The van der Waals surface area contributed by atoms with Gasteiger partial charge in [0.1, 0.15) is 19.4 Å². The van der Waals surface area contributed by atoms with Gasteiger partial charge in [-0.25, -0.2) is 0 Å². The smallest absolute Gasteiger partial charge is 0.367 e. The van der Waals surface area contributed by atoms with E-state index in [4.69, 9.17) is 4.74 Å². The first-order valence-corrected chi connectivity index (χ1v) is 9.32. The highest BCUT2D eigenvalue weighted by atomic mass is 16.5. The molecular formula is C24H22NO3+. The third kappa shape index (κ3) is 3.54. The number of rotatable bonds is 5. The van der Waals surface area contributed by atoms with Crippen LogP contribution in [0.1, 0.15) is 16.8 Å². The molecule has 0 bridgehead atoms. The SMILES string of the molecule is C[N+]1=C2C=CC(C(=O)c3ccccc3)=CC2CC(COc2ccccc2)=C1O. The first-order chi connectivity index (χ1) is 13.6. The average molecular weight is 372 g/mol. The van der Waals surface area contributed by atoms with Crippen LogP contribution in [0.2, 0.25) is 0 Å². The molecule has 0 fully saturated rings. The number of fused-ring (bicyclic) bond motifs is 1. The summed E-state index contributed by atoms with van der Waals surface area (Å²) in [5.74, 6) is 1.03. The lowest BCUT2D eigenvalue weighted by atomic mass is 9.84. The van der Waals surface area contributed by atoms with Gasteiger partial charge in [-0.05, 0) is 24.6 Å². The molecule has 0 radical (unpaired) electrons. The summed E-state index contributed by atoms with van der Waals surface area (Å²) in [5.41, 5.74) is 3.15. The quantitative estimate of drug-likeness (QED) is 0.628. The zero-order valence-electron chi connectivity index (χ0n) is 15.7. The van der Waals surface area contributed by atoms with Gasteiger partial charge in [0.2, 0.25) is 0 Å². The number of carbonyl (C=O) groups excluding carboxylic acids is 1. The number of Topliss-reactive ketones (excluding diaryl/α,β-unsaturated/α-hetero) is 1. The van der Waals surface area contributed by atoms with E-state index in [0.29, 0.717) is 24.2 Å². The Labute approximate surface area is 164 Å². The van der Waals surface area contributed by atoms with Crippen LogP contribution >= 0.6 is 0 Å². The number of carbonyl (C=O) groups is 1. The number of aliphatic hydroxyl groups excluding tert-OH is 1. The van der Waals surface area contributed by atoms with Crippen molar-refractivity contribution in [1.82, 2.24) is 0 Å². The number of benzene rings is 2. The molecule has 2 aromatic carbocycles. The van der Waals surface area contributed by atoms with Crippen molar-refractivity contribution < 1.29 is 19.2 Å². The van der Waals surface area contributed by atoms with Crippen LogP contribution in [0.4, 0.5) is 0 Å². The van der Waals surface area contributed by atoms with Gasteiger partial charge in [-0.1, -0.05) is 54.6 Å². The molecule has 140 valence electrons. The first-order valence-electron chi connectivity index (χ1n) is 9.32. The number of para-hydroxylation sites is 1. The van der Waals surface area contributed by atoms with Gasteiger partial charge in [0.15, 0.2) is 11.5 Å². The van der Waals surface area contributed by atoms with E-state index in [-0.39, 0.29) is 17.6 Å². The minimum atomic E-state index is 0.0133. The molecular weight excluding hydrogens is 350 g/mol. The fourth-order valence-electron chi connectivity index (χ4n) is 3.61. The van der Waals surface area contributed by atoms with E-state index in [9.17, 15) is 9.90 Å². The number of ether oxygens (including phenoxy) is 1. The van der Waals surface area contributed by atoms with Crippen molar-refractivity contribution in [2.75, 3.05) is 13.7 Å². The third-order valence-electron chi connectivity index (χ3n) is 5.14. The summed E-state index contributed by atoms with van der Waals surface area (Å²) in [4.78, 5) is 12.8. The number of hydrogen-bond acceptors (Lipinski definition) is 3. The second-order valence-corrected chi connectivity index (χ2v) is 6.97. The Morgan fingerprint density at radius 2 is 1.75 bits per heavy atom. The largest absolute Gasteiger partial charge is 0.489 e. The number of allylic oxidation sites excluding steroid dienone is 4. The van der Waals surface area contributed by atoms with E-state index in [2.05, 4.69) is 0 Å². The molecule has 2 aliphatic rings. The minimum absolute atomic E-state index is 0.0133. The molecule has 1 aliphatic carbocycles. The molecule has 0 saturated carbocycles. The topological polar surface area (TPSA) is 49.5 Å². The predicted octanol–water partition coefficient (Wildman–Crippen LogP) is 4.32. The lowest BCUT2D eigenvalue weighted by molar-refractivity contribution is -0.481. The van der Waals surface area contributed by atoms with E-state index in [1.807, 2.05) is 85.9 Å². The van der Waals surface area contributed by atoms with Crippen LogP contribution in [0.15, 0.2) is 95.9 Å². The Hall–Kier alpha value is -3.40. The van der Waals surface area contributed by atoms with Gasteiger partial charge in [-0.2, -0.15) is 4.58 Å². The highest BCUT2D eigenvalue weighted by Gasteiger charge is 2.34. The molecule has 4 rings (SSSR count). The fraction of sp³-hybridized carbons (Fsp3) is 0.167. The molecule has 1 N–H and O–H groups in total. The average Bonchev–Trinajstić information content (AvgIpc) is 2.75. The molecule has 1 atom stereocenters. The molecule has 4 nitrogen and oxygen atoms in total. The second-order valence-electron chi connectivity index (χ2n) is 6.97. The summed E-state index contributed by atoms with van der Waals surface area (Å²) >= 11 is 0. The van der Waals surface area contributed by atoms with E-state index in [1.54, 1.807) is 4.58 Å². The Morgan fingerprint density at radius 3 is 2.46 bits per heavy atom. The molecule has 0 spiro atoms. The van der Waals surface area contributed by atoms with Crippen molar-refractivity contribution in [2.24, 2.45) is 5.92 Å². The summed E-state index contributed by atoms with van der Waals surface area (Å²) < 4.78 is 7.60. The summed E-state index contributed by atoms with van der Waals surface area (Å²) in [5, 5.41) is 10.6. The number of hydrogen-bond donors (Lipinski definition) is 1. The number of nitrogens with zero attached hydrogens (tertiary/aromatic N) is 1. The van der Waals surface area contributed by atoms with Crippen molar-refractivity contribution in [3.8, 4) is 5.75 Å². The van der Waals surface area contributed by atoms with Crippen LogP contribution in [0, 0.1) is 5.92 Å². The van der Waals surface area contributed by atoms with E-state index in [0.717, 1.165) is 17.0 Å².